The van der Waals surface area contributed by atoms with Gasteiger partial charge in [-0.05, 0) is 31.5 Å². The highest BCUT2D eigenvalue weighted by molar-refractivity contribution is 7.99. The van der Waals surface area contributed by atoms with Gasteiger partial charge in [0.2, 0.25) is 5.91 Å². The fraction of sp³-hybridized carbons (Fsp3) is 0.588. The van der Waals surface area contributed by atoms with E-state index >= 15 is 0 Å². The third-order valence-corrected chi connectivity index (χ3v) is 3.89. The topological polar surface area (TPSA) is 32.3 Å². The summed E-state index contributed by atoms with van der Waals surface area (Å²) in [6.45, 7) is 10.7. The molecule has 1 aromatic carbocycles. The van der Waals surface area contributed by atoms with Crippen LogP contribution in [-0.2, 0) is 4.79 Å². The summed E-state index contributed by atoms with van der Waals surface area (Å²) < 4.78 is 0. The first-order valence-corrected chi connectivity index (χ1v) is 8.39. The van der Waals surface area contributed by atoms with Gasteiger partial charge in [0.05, 0.1) is 6.54 Å². The molecule has 1 aromatic rings. The van der Waals surface area contributed by atoms with Crippen LogP contribution in [0.2, 0.25) is 0 Å². The number of hydrogen-bond acceptors (Lipinski definition) is 3. The SMILES string of the molecule is Cc1ccc(SCCNC(=O)CN(C)CC(C)(C)C)cc1. The Bertz CT molecular complexity index is 437. The number of amides is 1. The maximum atomic E-state index is 11.8. The number of benzene rings is 1. The highest BCUT2D eigenvalue weighted by Gasteiger charge is 2.15. The van der Waals surface area contributed by atoms with E-state index in [1.807, 2.05) is 7.05 Å². The molecule has 0 atom stereocenters. The largest absolute Gasteiger partial charge is 0.354 e. The molecule has 4 heteroatoms. The summed E-state index contributed by atoms with van der Waals surface area (Å²) in [6.07, 6.45) is 0. The van der Waals surface area contributed by atoms with Crippen LogP contribution in [0.4, 0.5) is 0 Å². The smallest absolute Gasteiger partial charge is 0.234 e. The molecule has 0 saturated carbocycles. The van der Waals surface area contributed by atoms with Crippen LogP contribution < -0.4 is 5.32 Å². The first-order chi connectivity index (χ1) is 9.76. The molecule has 0 fully saturated rings. The van der Waals surface area contributed by atoms with Crippen molar-refractivity contribution < 1.29 is 4.79 Å². The van der Waals surface area contributed by atoms with Crippen LogP contribution in [0.15, 0.2) is 29.2 Å². The van der Waals surface area contributed by atoms with Gasteiger partial charge in [-0.15, -0.1) is 11.8 Å². The molecule has 1 rings (SSSR count). The van der Waals surface area contributed by atoms with Crippen LogP contribution in [0.3, 0.4) is 0 Å². The predicted octanol–water partition coefficient (Wildman–Crippen LogP) is 3.18. The Morgan fingerprint density at radius 2 is 1.86 bits per heavy atom. The maximum absolute atomic E-state index is 11.8. The van der Waals surface area contributed by atoms with E-state index in [0.717, 1.165) is 12.3 Å². The third-order valence-electron chi connectivity index (χ3n) is 2.87. The van der Waals surface area contributed by atoms with Gasteiger partial charge in [-0.25, -0.2) is 0 Å². The molecule has 21 heavy (non-hydrogen) atoms. The van der Waals surface area contributed by atoms with Crippen LogP contribution in [0, 0.1) is 12.3 Å². The average Bonchev–Trinajstić information content (AvgIpc) is 2.34. The van der Waals surface area contributed by atoms with Crippen LogP contribution in [0.5, 0.6) is 0 Å². The Kier molecular flexibility index (Phi) is 7.26. The van der Waals surface area contributed by atoms with Crippen molar-refractivity contribution in [1.29, 1.82) is 0 Å². The zero-order valence-electron chi connectivity index (χ0n) is 13.9. The van der Waals surface area contributed by atoms with Crippen LogP contribution in [0.25, 0.3) is 0 Å². The van der Waals surface area contributed by atoms with Gasteiger partial charge in [-0.3, -0.25) is 9.69 Å². The summed E-state index contributed by atoms with van der Waals surface area (Å²) in [5.74, 6) is 1.00. The number of nitrogens with one attached hydrogen (secondary N) is 1. The van der Waals surface area contributed by atoms with Gasteiger partial charge in [0.15, 0.2) is 0 Å². The lowest BCUT2D eigenvalue weighted by Crippen LogP contribution is -2.39. The first-order valence-electron chi connectivity index (χ1n) is 7.41. The van der Waals surface area contributed by atoms with Crippen LogP contribution in [0.1, 0.15) is 26.3 Å². The number of thioether (sulfide) groups is 1. The second-order valence-electron chi connectivity index (χ2n) is 6.74. The lowest BCUT2D eigenvalue weighted by Gasteiger charge is -2.25. The van der Waals surface area contributed by atoms with Crippen LogP contribution in [-0.4, -0.2) is 43.2 Å². The van der Waals surface area contributed by atoms with Crippen molar-refractivity contribution >= 4 is 17.7 Å². The minimum Gasteiger partial charge on any atom is -0.354 e. The highest BCUT2D eigenvalue weighted by atomic mass is 32.2. The minimum absolute atomic E-state index is 0.103. The quantitative estimate of drug-likeness (QED) is 0.620. The van der Waals surface area contributed by atoms with Gasteiger partial charge >= 0.3 is 0 Å². The molecular weight excluding hydrogens is 280 g/mol. The summed E-state index contributed by atoms with van der Waals surface area (Å²) in [5, 5.41) is 2.98. The number of rotatable bonds is 7. The van der Waals surface area contributed by atoms with Crippen molar-refractivity contribution in [1.82, 2.24) is 10.2 Å². The third kappa shape index (κ3) is 8.79. The molecule has 0 spiro atoms. The number of aryl methyl sites for hydroxylation is 1. The zero-order chi connectivity index (χ0) is 15.9. The van der Waals surface area contributed by atoms with Crippen molar-refractivity contribution in [3.63, 3.8) is 0 Å². The molecule has 0 saturated heterocycles. The molecule has 0 bridgehead atoms. The first kappa shape index (κ1) is 18.1. The summed E-state index contributed by atoms with van der Waals surface area (Å²) in [7, 11) is 1.99. The lowest BCUT2D eigenvalue weighted by atomic mass is 9.96. The number of hydrogen-bond donors (Lipinski definition) is 1. The Morgan fingerprint density at radius 1 is 1.24 bits per heavy atom. The van der Waals surface area contributed by atoms with E-state index in [1.165, 1.54) is 10.5 Å². The number of carbonyl (C=O) groups is 1. The summed E-state index contributed by atoms with van der Waals surface area (Å²) in [6, 6.07) is 8.47. The molecule has 1 amide bonds. The van der Waals surface area contributed by atoms with Gasteiger partial charge in [0.1, 0.15) is 0 Å². The van der Waals surface area contributed by atoms with Crippen molar-refractivity contribution in [3.05, 3.63) is 29.8 Å². The van der Waals surface area contributed by atoms with E-state index < -0.39 is 0 Å². The van der Waals surface area contributed by atoms with E-state index in [4.69, 9.17) is 0 Å². The van der Waals surface area contributed by atoms with Crippen molar-refractivity contribution in [3.8, 4) is 0 Å². The average molecular weight is 308 g/mol. The van der Waals surface area contributed by atoms with Crippen LogP contribution >= 0.6 is 11.8 Å². The Labute approximate surface area is 133 Å². The second kappa shape index (κ2) is 8.44. The molecule has 0 radical (unpaired) electrons. The molecular formula is C17H28N2OS. The lowest BCUT2D eigenvalue weighted by molar-refractivity contribution is -0.122. The molecule has 0 aliphatic rings. The fourth-order valence-electron chi connectivity index (χ4n) is 2.16. The standard InChI is InChI=1S/C17H28N2OS/c1-14-6-8-15(9-7-14)21-11-10-18-16(20)12-19(5)13-17(2,3)4/h6-9H,10-13H2,1-5H3,(H,18,20). The van der Waals surface area contributed by atoms with E-state index in [2.05, 4.69) is 62.2 Å². The Balaban J connectivity index is 2.17. The second-order valence-corrected chi connectivity index (χ2v) is 7.91. The van der Waals surface area contributed by atoms with E-state index in [-0.39, 0.29) is 11.3 Å². The number of nitrogens with zero attached hydrogens (tertiary/aromatic N) is 1. The summed E-state index contributed by atoms with van der Waals surface area (Å²) in [5.41, 5.74) is 1.49. The van der Waals surface area contributed by atoms with Gasteiger partial charge in [0, 0.05) is 23.7 Å². The molecule has 0 aliphatic carbocycles. The normalized spacial score (nSPS) is 11.7. The van der Waals surface area contributed by atoms with Crippen molar-refractivity contribution in [2.24, 2.45) is 5.41 Å². The van der Waals surface area contributed by atoms with E-state index in [1.54, 1.807) is 11.8 Å². The van der Waals surface area contributed by atoms with Gasteiger partial charge in [-0.2, -0.15) is 0 Å². The number of carbonyl (C=O) groups excluding carboxylic acids is 1. The fourth-order valence-corrected chi connectivity index (χ4v) is 2.93. The molecule has 3 nitrogen and oxygen atoms in total. The molecule has 118 valence electrons. The van der Waals surface area contributed by atoms with Crippen molar-refractivity contribution in [2.45, 2.75) is 32.6 Å². The summed E-state index contributed by atoms with van der Waals surface area (Å²) in [4.78, 5) is 15.2. The van der Waals surface area contributed by atoms with Gasteiger partial charge in [0.25, 0.3) is 0 Å². The van der Waals surface area contributed by atoms with E-state index in [9.17, 15) is 4.79 Å². The predicted molar refractivity (Wildman–Crippen MR) is 91.9 cm³/mol. The van der Waals surface area contributed by atoms with Gasteiger partial charge in [-0.1, -0.05) is 38.5 Å². The molecule has 0 aromatic heterocycles. The summed E-state index contributed by atoms with van der Waals surface area (Å²) >= 11 is 1.77. The maximum Gasteiger partial charge on any atom is 0.234 e. The molecule has 0 aliphatic heterocycles. The minimum atomic E-state index is 0.103. The zero-order valence-corrected chi connectivity index (χ0v) is 14.7. The van der Waals surface area contributed by atoms with E-state index in [0.29, 0.717) is 13.1 Å². The number of likely N-dealkylation sites (N-methyl/N-ethyl adjacent to an activating group) is 1. The molecule has 1 N–H and O–H groups in total. The Hall–Kier alpha value is -1.00. The van der Waals surface area contributed by atoms with Crippen molar-refractivity contribution in [2.75, 3.05) is 32.4 Å². The highest BCUT2D eigenvalue weighted by Crippen LogP contribution is 2.17. The van der Waals surface area contributed by atoms with Gasteiger partial charge < -0.3 is 5.32 Å². The Morgan fingerprint density at radius 3 is 2.43 bits per heavy atom. The molecule has 0 unspecified atom stereocenters. The molecule has 0 heterocycles. The monoisotopic (exact) mass is 308 g/mol.